The summed E-state index contributed by atoms with van der Waals surface area (Å²) >= 11 is 3.42. The lowest BCUT2D eigenvalue weighted by Gasteiger charge is -2.14. The Labute approximate surface area is 105 Å². The zero-order valence-corrected chi connectivity index (χ0v) is 11.4. The molecule has 1 atom stereocenters. The SMILES string of the molecule is CCc1cc(Br)ccc1NC(=O)C(C)NC. The number of hydrogen-bond acceptors (Lipinski definition) is 2. The summed E-state index contributed by atoms with van der Waals surface area (Å²) in [7, 11) is 1.77. The average molecular weight is 285 g/mol. The van der Waals surface area contributed by atoms with E-state index in [-0.39, 0.29) is 11.9 Å². The fourth-order valence-electron chi connectivity index (χ4n) is 1.35. The molecule has 16 heavy (non-hydrogen) atoms. The van der Waals surface area contributed by atoms with Crippen molar-refractivity contribution < 1.29 is 4.79 Å². The van der Waals surface area contributed by atoms with Crippen LogP contribution in [0.3, 0.4) is 0 Å². The van der Waals surface area contributed by atoms with Gasteiger partial charge < -0.3 is 10.6 Å². The highest BCUT2D eigenvalue weighted by atomic mass is 79.9. The highest BCUT2D eigenvalue weighted by Gasteiger charge is 2.11. The monoisotopic (exact) mass is 284 g/mol. The maximum Gasteiger partial charge on any atom is 0.241 e. The third kappa shape index (κ3) is 3.32. The minimum Gasteiger partial charge on any atom is -0.324 e. The predicted octanol–water partition coefficient (Wildman–Crippen LogP) is 2.56. The van der Waals surface area contributed by atoms with Crippen LogP contribution >= 0.6 is 15.9 Å². The van der Waals surface area contributed by atoms with E-state index in [1.165, 1.54) is 0 Å². The highest BCUT2D eigenvalue weighted by Crippen LogP contribution is 2.21. The molecule has 0 saturated heterocycles. The molecular weight excluding hydrogens is 268 g/mol. The first-order valence-corrected chi connectivity index (χ1v) is 6.14. The van der Waals surface area contributed by atoms with Crippen LogP contribution in [-0.4, -0.2) is 19.0 Å². The molecule has 3 nitrogen and oxygen atoms in total. The van der Waals surface area contributed by atoms with Crippen molar-refractivity contribution in [2.24, 2.45) is 0 Å². The molecule has 1 unspecified atom stereocenters. The fraction of sp³-hybridized carbons (Fsp3) is 0.417. The van der Waals surface area contributed by atoms with E-state index in [4.69, 9.17) is 0 Å². The Morgan fingerprint density at radius 3 is 2.75 bits per heavy atom. The van der Waals surface area contributed by atoms with Gasteiger partial charge in [0.2, 0.25) is 5.91 Å². The first-order chi connectivity index (χ1) is 7.58. The molecule has 2 N–H and O–H groups in total. The van der Waals surface area contributed by atoms with Crippen molar-refractivity contribution in [3.05, 3.63) is 28.2 Å². The lowest BCUT2D eigenvalue weighted by Crippen LogP contribution is -2.35. The Bertz CT molecular complexity index is 379. The van der Waals surface area contributed by atoms with Gasteiger partial charge in [0.25, 0.3) is 0 Å². The molecule has 0 heterocycles. The summed E-state index contributed by atoms with van der Waals surface area (Å²) in [4.78, 5) is 11.7. The number of carbonyl (C=O) groups is 1. The van der Waals surface area contributed by atoms with Gasteiger partial charge in [-0.05, 0) is 44.2 Å². The molecule has 0 aromatic heterocycles. The number of nitrogens with one attached hydrogen (secondary N) is 2. The van der Waals surface area contributed by atoms with E-state index in [0.717, 1.165) is 22.1 Å². The van der Waals surface area contributed by atoms with Crippen molar-refractivity contribution >= 4 is 27.5 Å². The molecule has 0 fully saturated rings. The zero-order valence-electron chi connectivity index (χ0n) is 9.80. The van der Waals surface area contributed by atoms with Crippen molar-refractivity contribution in [2.75, 3.05) is 12.4 Å². The second-order valence-electron chi connectivity index (χ2n) is 3.65. The van der Waals surface area contributed by atoms with Crippen LogP contribution in [0.2, 0.25) is 0 Å². The normalized spacial score (nSPS) is 12.2. The van der Waals surface area contributed by atoms with Crippen molar-refractivity contribution in [3.8, 4) is 0 Å². The van der Waals surface area contributed by atoms with E-state index in [1.54, 1.807) is 7.05 Å². The molecule has 0 aliphatic heterocycles. The second kappa shape index (κ2) is 6.01. The summed E-state index contributed by atoms with van der Waals surface area (Å²) < 4.78 is 1.03. The molecule has 0 bridgehead atoms. The Kier molecular flexibility index (Phi) is 4.96. The van der Waals surface area contributed by atoms with Gasteiger partial charge in [-0.25, -0.2) is 0 Å². The molecule has 0 aliphatic carbocycles. The van der Waals surface area contributed by atoms with Crippen molar-refractivity contribution in [1.29, 1.82) is 0 Å². The van der Waals surface area contributed by atoms with Crippen molar-refractivity contribution in [2.45, 2.75) is 26.3 Å². The van der Waals surface area contributed by atoms with E-state index < -0.39 is 0 Å². The molecule has 1 rings (SSSR count). The number of benzene rings is 1. The number of carbonyl (C=O) groups excluding carboxylic acids is 1. The number of rotatable bonds is 4. The van der Waals surface area contributed by atoms with Gasteiger partial charge in [-0.15, -0.1) is 0 Å². The lowest BCUT2D eigenvalue weighted by atomic mass is 10.1. The summed E-state index contributed by atoms with van der Waals surface area (Å²) in [5, 5.41) is 5.83. The van der Waals surface area contributed by atoms with Crippen LogP contribution in [0.1, 0.15) is 19.4 Å². The van der Waals surface area contributed by atoms with Crippen LogP contribution in [-0.2, 0) is 11.2 Å². The number of hydrogen-bond donors (Lipinski definition) is 2. The number of amides is 1. The zero-order chi connectivity index (χ0) is 12.1. The van der Waals surface area contributed by atoms with E-state index in [2.05, 4.69) is 33.5 Å². The molecular formula is C12H17BrN2O. The van der Waals surface area contributed by atoms with E-state index in [1.807, 2.05) is 25.1 Å². The van der Waals surface area contributed by atoms with Gasteiger partial charge in [-0.2, -0.15) is 0 Å². The molecule has 0 radical (unpaired) electrons. The van der Waals surface area contributed by atoms with Crippen LogP contribution in [0.4, 0.5) is 5.69 Å². The van der Waals surface area contributed by atoms with Gasteiger partial charge in [0.1, 0.15) is 0 Å². The third-order valence-electron chi connectivity index (χ3n) is 2.53. The van der Waals surface area contributed by atoms with Gasteiger partial charge in [-0.1, -0.05) is 22.9 Å². The van der Waals surface area contributed by atoms with Crippen molar-refractivity contribution in [1.82, 2.24) is 5.32 Å². The number of aryl methyl sites for hydroxylation is 1. The lowest BCUT2D eigenvalue weighted by molar-refractivity contribution is -0.117. The van der Waals surface area contributed by atoms with Crippen LogP contribution in [0, 0.1) is 0 Å². The first kappa shape index (κ1) is 13.2. The summed E-state index contributed by atoms with van der Waals surface area (Å²) in [5.41, 5.74) is 2.02. The Morgan fingerprint density at radius 1 is 1.50 bits per heavy atom. The fourth-order valence-corrected chi connectivity index (χ4v) is 1.76. The Morgan fingerprint density at radius 2 is 2.19 bits per heavy atom. The summed E-state index contributed by atoms with van der Waals surface area (Å²) in [6, 6.07) is 5.69. The molecule has 4 heteroatoms. The maximum atomic E-state index is 11.7. The predicted molar refractivity (Wildman–Crippen MR) is 70.7 cm³/mol. The van der Waals surface area contributed by atoms with Gasteiger partial charge in [-0.3, -0.25) is 4.79 Å². The van der Waals surface area contributed by atoms with E-state index in [0.29, 0.717) is 0 Å². The number of likely N-dealkylation sites (N-methyl/N-ethyl adjacent to an activating group) is 1. The number of halogens is 1. The van der Waals surface area contributed by atoms with Gasteiger partial charge in [0, 0.05) is 10.2 Å². The van der Waals surface area contributed by atoms with E-state index >= 15 is 0 Å². The summed E-state index contributed by atoms with van der Waals surface area (Å²) in [6.07, 6.45) is 0.892. The quantitative estimate of drug-likeness (QED) is 0.892. The van der Waals surface area contributed by atoms with Crippen LogP contribution in [0.15, 0.2) is 22.7 Å². The van der Waals surface area contributed by atoms with Crippen LogP contribution < -0.4 is 10.6 Å². The third-order valence-corrected chi connectivity index (χ3v) is 3.03. The molecule has 0 spiro atoms. The molecule has 0 aliphatic rings. The summed E-state index contributed by atoms with van der Waals surface area (Å²) in [6.45, 7) is 3.90. The summed E-state index contributed by atoms with van der Waals surface area (Å²) in [5.74, 6) is -0.0143. The Balaban J connectivity index is 2.84. The smallest absolute Gasteiger partial charge is 0.241 e. The maximum absolute atomic E-state index is 11.7. The number of anilines is 1. The minimum atomic E-state index is -0.187. The molecule has 0 saturated carbocycles. The first-order valence-electron chi connectivity index (χ1n) is 5.35. The molecule has 88 valence electrons. The standard InChI is InChI=1S/C12H17BrN2O/c1-4-9-7-10(13)5-6-11(9)15-12(16)8(2)14-3/h5-8,14H,4H2,1-3H3,(H,15,16). The minimum absolute atomic E-state index is 0.0143. The second-order valence-corrected chi connectivity index (χ2v) is 4.57. The van der Waals surface area contributed by atoms with E-state index in [9.17, 15) is 4.79 Å². The Hall–Kier alpha value is -0.870. The molecule has 1 amide bonds. The van der Waals surface area contributed by atoms with Crippen LogP contribution in [0.25, 0.3) is 0 Å². The van der Waals surface area contributed by atoms with Gasteiger partial charge >= 0.3 is 0 Å². The average Bonchev–Trinajstić information content (AvgIpc) is 2.30. The topological polar surface area (TPSA) is 41.1 Å². The molecule has 1 aromatic rings. The largest absolute Gasteiger partial charge is 0.324 e. The highest BCUT2D eigenvalue weighted by molar-refractivity contribution is 9.10. The van der Waals surface area contributed by atoms with Gasteiger partial charge in [0.05, 0.1) is 6.04 Å². The van der Waals surface area contributed by atoms with Crippen LogP contribution in [0.5, 0.6) is 0 Å². The van der Waals surface area contributed by atoms with Gasteiger partial charge in [0.15, 0.2) is 0 Å². The van der Waals surface area contributed by atoms with Crippen molar-refractivity contribution in [3.63, 3.8) is 0 Å². The molecule has 1 aromatic carbocycles.